The van der Waals surface area contributed by atoms with Crippen LogP contribution in [-0.2, 0) is 4.79 Å². The molecule has 2 rings (SSSR count). The van der Waals surface area contributed by atoms with Crippen molar-refractivity contribution in [3.8, 4) is 0 Å². The second kappa shape index (κ2) is 6.92. The van der Waals surface area contributed by atoms with E-state index in [1.54, 1.807) is 0 Å². The highest BCUT2D eigenvalue weighted by Crippen LogP contribution is 2.30. The summed E-state index contributed by atoms with van der Waals surface area (Å²) < 4.78 is 0. The summed E-state index contributed by atoms with van der Waals surface area (Å²) in [6.45, 7) is 1.87. The van der Waals surface area contributed by atoms with Crippen LogP contribution in [0.3, 0.4) is 0 Å². The molecule has 2 aliphatic carbocycles. The lowest BCUT2D eigenvalue weighted by molar-refractivity contribution is -0.127. The van der Waals surface area contributed by atoms with Crippen LogP contribution in [0, 0.1) is 11.8 Å². The smallest absolute Gasteiger partial charge is 0.223 e. The van der Waals surface area contributed by atoms with E-state index in [1.165, 1.54) is 19.3 Å². The number of carbonyl (C=O) groups excluding carboxylic acids is 1. The molecule has 0 aromatic carbocycles. The molecule has 2 saturated carbocycles. The number of nitrogens with one attached hydrogen (secondary N) is 1. The molecular formula is C15H26N2O2. The van der Waals surface area contributed by atoms with Crippen molar-refractivity contribution in [2.45, 2.75) is 70.8 Å². The molecule has 2 fully saturated rings. The Morgan fingerprint density at radius 1 is 1.00 bits per heavy atom. The van der Waals surface area contributed by atoms with Crippen LogP contribution >= 0.6 is 0 Å². The predicted octanol–water partition coefficient (Wildman–Crippen LogP) is 3.09. The standard InChI is InChI=1S/C15H26N2O2/c1-11(17-19)12-7-9-13(10-8-12)15(18)16-14-5-3-2-4-6-14/h12-14,19H,2-10H2,1H3,(H,16,18)/b17-11+. The first-order valence-electron chi connectivity index (χ1n) is 7.69. The second-order valence-electron chi connectivity index (χ2n) is 6.13. The quantitative estimate of drug-likeness (QED) is 0.468. The van der Waals surface area contributed by atoms with Gasteiger partial charge in [-0.25, -0.2) is 0 Å². The summed E-state index contributed by atoms with van der Waals surface area (Å²) in [6.07, 6.45) is 9.92. The first-order valence-corrected chi connectivity index (χ1v) is 7.69. The lowest BCUT2D eigenvalue weighted by Crippen LogP contribution is -2.41. The molecule has 0 aliphatic heterocycles. The van der Waals surface area contributed by atoms with Gasteiger partial charge < -0.3 is 10.5 Å². The largest absolute Gasteiger partial charge is 0.411 e. The van der Waals surface area contributed by atoms with Crippen LogP contribution in [-0.4, -0.2) is 22.9 Å². The number of amides is 1. The van der Waals surface area contributed by atoms with E-state index in [4.69, 9.17) is 5.21 Å². The third-order valence-corrected chi connectivity index (χ3v) is 4.80. The Morgan fingerprint density at radius 3 is 2.16 bits per heavy atom. The number of oxime groups is 1. The molecule has 0 bridgehead atoms. The molecule has 2 N–H and O–H groups in total. The molecule has 0 radical (unpaired) electrons. The summed E-state index contributed by atoms with van der Waals surface area (Å²) in [6, 6.07) is 0.416. The first-order chi connectivity index (χ1) is 9.20. The Balaban J connectivity index is 1.75. The molecule has 0 unspecified atom stereocenters. The fourth-order valence-corrected chi connectivity index (χ4v) is 3.42. The minimum atomic E-state index is 0.171. The van der Waals surface area contributed by atoms with Crippen LogP contribution in [0.5, 0.6) is 0 Å². The average Bonchev–Trinajstić information content (AvgIpc) is 2.47. The molecule has 0 saturated heterocycles. The van der Waals surface area contributed by atoms with Gasteiger partial charge in [-0.05, 0) is 45.4 Å². The van der Waals surface area contributed by atoms with Crippen molar-refractivity contribution in [1.29, 1.82) is 0 Å². The highest BCUT2D eigenvalue weighted by Gasteiger charge is 2.29. The van der Waals surface area contributed by atoms with Crippen LogP contribution in [0.2, 0.25) is 0 Å². The summed E-state index contributed by atoms with van der Waals surface area (Å²) >= 11 is 0. The van der Waals surface area contributed by atoms with Crippen molar-refractivity contribution in [3.63, 3.8) is 0 Å². The van der Waals surface area contributed by atoms with Gasteiger partial charge in [-0.3, -0.25) is 4.79 Å². The van der Waals surface area contributed by atoms with Gasteiger partial charge in [0.2, 0.25) is 5.91 Å². The fraction of sp³-hybridized carbons (Fsp3) is 0.867. The van der Waals surface area contributed by atoms with E-state index >= 15 is 0 Å². The Hall–Kier alpha value is -1.06. The van der Waals surface area contributed by atoms with Crippen molar-refractivity contribution in [2.24, 2.45) is 17.0 Å². The normalized spacial score (nSPS) is 30.1. The molecule has 19 heavy (non-hydrogen) atoms. The van der Waals surface area contributed by atoms with Gasteiger partial charge in [0.15, 0.2) is 0 Å². The Bertz CT molecular complexity index is 327. The van der Waals surface area contributed by atoms with Gasteiger partial charge >= 0.3 is 0 Å². The monoisotopic (exact) mass is 266 g/mol. The summed E-state index contributed by atoms with van der Waals surface area (Å²) in [5.74, 6) is 0.789. The van der Waals surface area contributed by atoms with Crippen LogP contribution in [0.1, 0.15) is 64.7 Å². The minimum Gasteiger partial charge on any atom is -0.411 e. The van der Waals surface area contributed by atoms with Crippen LogP contribution < -0.4 is 5.32 Å². The second-order valence-corrected chi connectivity index (χ2v) is 6.13. The fourth-order valence-electron chi connectivity index (χ4n) is 3.42. The van der Waals surface area contributed by atoms with Crippen LogP contribution in [0.25, 0.3) is 0 Å². The molecule has 0 spiro atoms. The summed E-state index contributed by atoms with van der Waals surface area (Å²) in [7, 11) is 0. The molecule has 4 heteroatoms. The van der Waals surface area contributed by atoms with Gasteiger partial charge in [-0.2, -0.15) is 0 Å². The van der Waals surface area contributed by atoms with Crippen molar-refractivity contribution in [1.82, 2.24) is 5.32 Å². The molecule has 1 amide bonds. The van der Waals surface area contributed by atoms with Crippen LogP contribution in [0.15, 0.2) is 5.16 Å². The maximum atomic E-state index is 12.2. The maximum Gasteiger partial charge on any atom is 0.223 e. The molecule has 0 aromatic heterocycles. The van der Waals surface area contributed by atoms with E-state index in [1.807, 2.05) is 6.92 Å². The van der Waals surface area contributed by atoms with Crippen molar-refractivity contribution in [3.05, 3.63) is 0 Å². The Morgan fingerprint density at radius 2 is 1.58 bits per heavy atom. The molecule has 0 aromatic rings. The molecule has 4 nitrogen and oxygen atoms in total. The number of nitrogens with zero attached hydrogens (tertiary/aromatic N) is 1. The van der Waals surface area contributed by atoms with Crippen molar-refractivity contribution in [2.75, 3.05) is 0 Å². The zero-order valence-electron chi connectivity index (χ0n) is 11.9. The van der Waals surface area contributed by atoms with Crippen molar-refractivity contribution >= 4 is 11.6 Å². The van der Waals surface area contributed by atoms with Gasteiger partial charge in [0.05, 0.1) is 5.71 Å². The van der Waals surface area contributed by atoms with Gasteiger partial charge in [-0.1, -0.05) is 24.4 Å². The molecular weight excluding hydrogens is 240 g/mol. The van der Waals surface area contributed by atoms with E-state index in [0.717, 1.165) is 44.2 Å². The van der Waals surface area contributed by atoms with Gasteiger partial charge in [0.1, 0.15) is 0 Å². The van der Waals surface area contributed by atoms with E-state index < -0.39 is 0 Å². The van der Waals surface area contributed by atoms with Gasteiger partial charge in [-0.15, -0.1) is 0 Å². The molecule has 0 atom stereocenters. The first kappa shape index (κ1) is 14.4. The van der Waals surface area contributed by atoms with E-state index in [-0.39, 0.29) is 11.8 Å². The van der Waals surface area contributed by atoms with E-state index in [2.05, 4.69) is 10.5 Å². The molecule has 2 aliphatic rings. The van der Waals surface area contributed by atoms with E-state index in [9.17, 15) is 4.79 Å². The molecule has 108 valence electrons. The van der Waals surface area contributed by atoms with Gasteiger partial charge in [0.25, 0.3) is 0 Å². The van der Waals surface area contributed by atoms with Gasteiger partial charge in [0, 0.05) is 17.9 Å². The number of carbonyl (C=O) groups is 1. The maximum absolute atomic E-state index is 12.2. The third-order valence-electron chi connectivity index (χ3n) is 4.80. The predicted molar refractivity (Wildman–Crippen MR) is 75.4 cm³/mol. The summed E-state index contributed by atoms with van der Waals surface area (Å²) in [5.41, 5.74) is 0.811. The number of rotatable bonds is 3. The Labute approximate surface area is 115 Å². The lowest BCUT2D eigenvalue weighted by atomic mass is 9.79. The third kappa shape index (κ3) is 3.95. The number of hydrogen-bond donors (Lipinski definition) is 2. The minimum absolute atomic E-state index is 0.171. The zero-order chi connectivity index (χ0) is 13.7. The summed E-state index contributed by atoms with van der Waals surface area (Å²) in [4.78, 5) is 12.2. The summed E-state index contributed by atoms with van der Waals surface area (Å²) in [5, 5.41) is 15.3. The SMILES string of the molecule is C/C(=N\O)C1CCC(C(=O)NC2CCCCC2)CC1. The topological polar surface area (TPSA) is 61.7 Å². The number of hydrogen-bond acceptors (Lipinski definition) is 3. The lowest BCUT2D eigenvalue weighted by Gasteiger charge is -2.30. The van der Waals surface area contributed by atoms with Crippen molar-refractivity contribution < 1.29 is 10.0 Å². The highest BCUT2D eigenvalue weighted by molar-refractivity contribution is 5.84. The zero-order valence-corrected chi connectivity index (χ0v) is 11.9. The van der Waals surface area contributed by atoms with E-state index in [0.29, 0.717) is 12.0 Å². The van der Waals surface area contributed by atoms with Crippen LogP contribution in [0.4, 0.5) is 0 Å². The highest BCUT2D eigenvalue weighted by atomic mass is 16.4. The average molecular weight is 266 g/mol. The molecule has 0 heterocycles. The Kier molecular flexibility index (Phi) is 5.23.